The molecule has 7 heteroatoms. The first kappa shape index (κ1) is 21.5. The predicted molar refractivity (Wildman–Crippen MR) is 114 cm³/mol. The number of hydrogen-bond acceptors (Lipinski definition) is 3. The van der Waals surface area contributed by atoms with Gasteiger partial charge in [0.2, 0.25) is 5.91 Å². The molecule has 1 N–H and O–H groups in total. The summed E-state index contributed by atoms with van der Waals surface area (Å²) >= 11 is 0. The SMILES string of the molecule is CCc1ccc(NC(=O)C[C@@H]2C(=O)N(c3cccc(F)c3)C(=O)N2CC(C)C)cc1. The molecule has 0 unspecified atom stereocenters. The Kier molecular flexibility index (Phi) is 6.50. The van der Waals surface area contributed by atoms with E-state index in [1.54, 1.807) is 0 Å². The zero-order chi connectivity index (χ0) is 21.8. The average Bonchev–Trinajstić information content (AvgIpc) is 2.92. The summed E-state index contributed by atoms with van der Waals surface area (Å²) in [5.74, 6) is -1.33. The van der Waals surface area contributed by atoms with Crippen LogP contribution in [-0.2, 0) is 16.0 Å². The number of hydrogen-bond donors (Lipinski definition) is 1. The average molecular weight is 411 g/mol. The lowest BCUT2D eigenvalue weighted by Gasteiger charge is -2.23. The van der Waals surface area contributed by atoms with Crippen LogP contribution in [0.1, 0.15) is 32.8 Å². The van der Waals surface area contributed by atoms with Crippen LogP contribution < -0.4 is 10.2 Å². The van der Waals surface area contributed by atoms with Gasteiger partial charge in [0.25, 0.3) is 5.91 Å². The van der Waals surface area contributed by atoms with Crippen LogP contribution in [0.3, 0.4) is 0 Å². The number of carbonyl (C=O) groups excluding carboxylic acids is 3. The van der Waals surface area contributed by atoms with Crippen LogP contribution >= 0.6 is 0 Å². The summed E-state index contributed by atoms with van der Waals surface area (Å²) in [6.45, 7) is 6.22. The lowest BCUT2D eigenvalue weighted by molar-refractivity contribution is -0.124. The van der Waals surface area contributed by atoms with Crippen LogP contribution in [0.4, 0.5) is 20.6 Å². The summed E-state index contributed by atoms with van der Waals surface area (Å²) in [5, 5.41) is 2.79. The number of nitrogens with zero attached hydrogens (tertiary/aromatic N) is 2. The number of anilines is 2. The normalized spacial score (nSPS) is 16.5. The Bertz CT molecular complexity index is 943. The van der Waals surface area contributed by atoms with E-state index in [-0.39, 0.29) is 23.9 Å². The topological polar surface area (TPSA) is 69.7 Å². The van der Waals surface area contributed by atoms with Crippen molar-refractivity contribution >= 4 is 29.2 Å². The number of imide groups is 1. The zero-order valence-electron chi connectivity index (χ0n) is 17.4. The van der Waals surface area contributed by atoms with Gasteiger partial charge < -0.3 is 10.2 Å². The maximum Gasteiger partial charge on any atom is 0.332 e. The molecule has 0 spiro atoms. The predicted octanol–water partition coefficient (Wildman–Crippen LogP) is 4.21. The molecule has 30 heavy (non-hydrogen) atoms. The van der Waals surface area contributed by atoms with Gasteiger partial charge in [-0.05, 0) is 48.2 Å². The van der Waals surface area contributed by atoms with Crippen molar-refractivity contribution in [3.8, 4) is 0 Å². The number of halogens is 1. The van der Waals surface area contributed by atoms with Gasteiger partial charge in [-0.3, -0.25) is 9.59 Å². The minimum atomic E-state index is -0.932. The molecule has 1 atom stereocenters. The van der Waals surface area contributed by atoms with Crippen molar-refractivity contribution < 1.29 is 18.8 Å². The minimum absolute atomic E-state index is 0.0985. The van der Waals surface area contributed by atoms with Crippen molar-refractivity contribution in [1.82, 2.24) is 4.90 Å². The second kappa shape index (κ2) is 9.07. The highest BCUT2D eigenvalue weighted by atomic mass is 19.1. The fourth-order valence-electron chi connectivity index (χ4n) is 3.50. The number of carbonyl (C=O) groups is 3. The lowest BCUT2D eigenvalue weighted by Crippen LogP contribution is -2.40. The molecule has 3 rings (SSSR count). The molecule has 0 aromatic heterocycles. The van der Waals surface area contributed by atoms with E-state index >= 15 is 0 Å². The highest BCUT2D eigenvalue weighted by Crippen LogP contribution is 2.28. The third-order valence-electron chi connectivity index (χ3n) is 4.97. The molecule has 1 fully saturated rings. The molecular weight excluding hydrogens is 385 g/mol. The van der Waals surface area contributed by atoms with Crippen LogP contribution in [0.25, 0.3) is 0 Å². The highest BCUT2D eigenvalue weighted by Gasteiger charge is 2.46. The van der Waals surface area contributed by atoms with Crippen LogP contribution in [0, 0.1) is 11.7 Å². The first-order chi connectivity index (χ1) is 14.3. The molecule has 0 aliphatic carbocycles. The summed E-state index contributed by atoms with van der Waals surface area (Å²) in [4.78, 5) is 41.0. The quantitative estimate of drug-likeness (QED) is 0.694. The second-order valence-corrected chi connectivity index (χ2v) is 7.80. The van der Waals surface area contributed by atoms with Gasteiger partial charge in [-0.25, -0.2) is 14.1 Å². The van der Waals surface area contributed by atoms with Crippen molar-refractivity contribution in [3.63, 3.8) is 0 Å². The van der Waals surface area contributed by atoms with Crippen molar-refractivity contribution in [2.45, 2.75) is 39.7 Å². The molecule has 4 amide bonds. The Balaban J connectivity index is 1.80. The first-order valence-corrected chi connectivity index (χ1v) is 10.1. The molecule has 0 saturated carbocycles. The van der Waals surface area contributed by atoms with Gasteiger partial charge in [-0.15, -0.1) is 0 Å². The molecule has 1 heterocycles. The Labute approximate surface area is 175 Å². The van der Waals surface area contributed by atoms with E-state index in [9.17, 15) is 18.8 Å². The van der Waals surface area contributed by atoms with Crippen molar-refractivity contribution in [3.05, 3.63) is 59.9 Å². The van der Waals surface area contributed by atoms with E-state index in [0.29, 0.717) is 12.2 Å². The van der Waals surface area contributed by atoms with E-state index in [4.69, 9.17) is 0 Å². The van der Waals surface area contributed by atoms with Gasteiger partial charge in [0.05, 0.1) is 12.1 Å². The summed E-state index contributed by atoms with van der Waals surface area (Å²) in [7, 11) is 0. The Morgan fingerprint density at radius 2 is 1.83 bits per heavy atom. The molecule has 158 valence electrons. The summed E-state index contributed by atoms with van der Waals surface area (Å²) < 4.78 is 13.7. The smallest absolute Gasteiger partial charge is 0.326 e. The Morgan fingerprint density at radius 3 is 2.43 bits per heavy atom. The van der Waals surface area contributed by atoms with E-state index in [1.165, 1.54) is 23.1 Å². The number of urea groups is 1. The van der Waals surface area contributed by atoms with Gasteiger partial charge in [0, 0.05) is 12.2 Å². The zero-order valence-corrected chi connectivity index (χ0v) is 17.4. The van der Waals surface area contributed by atoms with Gasteiger partial charge in [-0.1, -0.05) is 39.0 Å². The van der Waals surface area contributed by atoms with Crippen molar-refractivity contribution in [1.29, 1.82) is 0 Å². The monoisotopic (exact) mass is 411 g/mol. The van der Waals surface area contributed by atoms with Crippen LogP contribution in [0.5, 0.6) is 0 Å². The van der Waals surface area contributed by atoms with E-state index in [0.717, 1.165) is 23.0 Å². The fourth-order valence-corrected chi connectivity index (χ4v) is 3.50. The van der Waals surface area contributed by atoms with Crippen molar-refractivity contribution in [2.75, 3.05) is 16.8 Å². The maximum absolute atomic E-state index is 13.7. The molecule has 1 aliphatic heterocycles. The van der Waals surface area contributed by atoms with Crippen LogP contribution in [0.15, 0.2) is 48.5 Å². The number of benzene rings is 2. The van der Waals surface area contributed by atoms with Gasteiger partial charge in [0.1, 0.15) is 11.9 Å². The molecule has 1 saturated heterocycles. The Hall–Kier alpha value is -3.22. The summed E-state index contributed by atoms with van der Waals surface area (Å²) in [5.41, 5.74) is 1.95. The van der Waals surface area contributed by atoms with Crippen LogP contribution in [-0.4, -0.2) is 35.3 Å². The largest absolute Gasteiger partial charge is 0.332 e. The highest BCUT2D eigenvalue weighted by molar-refractivity contribution is 6.22. The van der Waals surface area contributed by atoms with E-state index < -0.39 is 23.8 Å². The van der Waals surface area contributed by atoms with E-state index in [2.05, 4.69) is 5.32 Å². The Morgan fingerprint density at radius 1 is 1.13 bits per heavy atom. The minimum Gasteiger partial charge on any atom is -0.326 e. The second-order valence-electron chi connectivity index (χ2n) is 7.80. The molecule has 6 nitrogen and oxygen atoms in total. The number of rotatable bonds is 7. The summed E-state index contributed by atoms with van der Waals surface area (Å²) in [6.07, 6.45) is 0.728. The third kappa shape index (κ3) is 4.67. The van der Waals surface area contributed by atoms with Gasteiger partial charge >= 0.3 is 6.03 Å². The number of aryl methyl sites for hydroxylation is 1. The van der Waals surface area contributed by atoms with Gasteiger partial charge in [0.15, 0.2) is 0 Å². The van der Waals surface area contributed by atoms with E-state index in [1.807, 2.05) is 45.0 Å². The molecule has 2 aromatic carbocycles. The molecule has 0 radical (unpaired) electrons. The molecule has 1 aliphatic rings. The maximum atomic E-state index is 13.7. The first-order valence-electron chi connectivity index (χ1n) is 10.1. The number of amides is 4. The fraction of sp³-hybridized carbons (Fsp3) is 0.348. The number of nitrogens with one attached hydrogen (secondary N) is 1. The van der Waals surface area contributed by atoms with Crippen molar-refractivity contribution in [2.24, 2.45) is 5.92 Å². The summed E-state index contributed by atoms with van der Waals surface area (Å²) in [6, 6.07) is 11.3. The van der Waals surface area contributed by atoms with Crippen LogP contribution in [0.2, 0.25) is 0 Å². The van der Waals surface area contributed by atoms with Gasteiger partial charge in [-0.2, -0.15) is 0 Å². The lowest BCUT2D eigenvalue weighted by atomic mass is 10.1. The molecular formula is C23H26FN3O3. The molecule has 2 aromatic rings. The third-order valence-corrected chi connectivity index (χ3v) is 4.97. The molecule has 0 bridgehead atoms. The standard InChI is InChI=1S/C23H26FN3O3/c1-4-16-8-10-18(11-9-16)25-21(28)13-20-22(29)27(19-7-5-6-17(24)12-19)23(30)26(20)14-15(2)3/h5-12,15,20H,4,13-14H2,1-3H3,(H,25,28)/t20-/m1/s1.